The zero-order valence-corrected chi connectivity index (χ0v) is 11.0. The van der Waals surface area contributed by atoms with Crippen LogP contribution in [0.1, 0.15) is 0 Å². The molecule has 0 N–H and O–H groups in total. The van der Waals surface area contributed by atoms with E-state index in [1.165, 1.54) is 0 Å². The molecule has 1 aliphatic heterocycles. The van der Waals surface area contributed by atoms with Crippen LogP contribution in [0, 0.1) is 0 Å². The van der Waals surface area contributed by atoms with E-state index in [1.807, 2.05) is 12.1 Å². The van der Waals surface area contributed by atoms with E-state index >= 15 is 0 Å². The zero-order valence-electron chi connectivity index (χ0n) is 11.0. The van der Waals surface area contributed by atoms with Gasteiger partial charge in [0.25, 0.3) is 0 Å². The van der Waals surface area contributed by atoms with Gasteiger partial charge >= 0.3 is 0 Å². The summed E-state index contributed by atoms with van der Waals surface area (Å²) in [5, 5.41) is 10.6. The second kappa shape index (κ2) is 5.50. The lowest BCUT2D eigenvalue weighted by molar-refractivity contribution is -0.0102. The molecule has 5 heteroatoms. The third kappa shape index (κ3) is 2.52. The van der Waals surface area contributed by atoms with Crippen molar-refractivity contribution in [1.82, 2.24) is 10.2 Å². The van der Waals surface area contributed by atoms with Crippen molar-refractivity contribution in [3.05, 3.63) is 30.5 Å². The molecule has 3 rings (SSSR count). The average molecular weight is 259 g/mol. The fourth-order valence-electron chi connectivity index (χ4n) is 2.44. The molecule has 1 aliphatic rings. The number of anilines is 1. The van der Waals surface area contributed by atoms with Gasteiger partial charge < -0.3 is 14.4 Å². The van der Waals surface area contributed by atoms with Crippen LogP contribution in [0.15, 0.2) is 30.5 Å². The molecule has 1 fully saturated rings. The van der Waals surface area contributed by atoms with Gasteiger partial charge in [-0.3, -0.25) is 0 Å². The van der Waals surface area contributed by atoms with Crippen molar-refractivity contribution in [2.24, 2.45) is 0 Å². The molecule has 2 aromatic rings. The molecule has 0 bridgehead atoms. The van der Waals surface area contributed by atoms with Crippen LogP contribution in [0.3, 0.4) is 0 Å². The normalized spacial score (nSPS) is 19.8. The molecule has 1 saturated heterocycles. The maximum absolute atomic E-state index is 5.67. The number of hydrogen-bond donors (Lipinski definition) is 0. The highest BCUT2D eigenvalue weighted by molar-refractivity contribution is 5.91. The van der Waals surface area contributed by atoms with E-state index in [1.54, 1.807) is 13.3 Å². The van der Waals surface area contributed by atoms with E-state index < -0.39 is 0 Å². The Balaban J connectivity index is 1.91. The first kappa shape index (κ1) is 12.3. The standard InChI is InChI=1S/C14H17N3O2/c1-18-10-12-9-17(6-7-19-12)14-13-5-3-2-4-11(13)8-15-16-14/h2-5,8,12H,6-7,9-10H2,1H3. The summed E-state index contributed by atoms with van der Waals surface area (Å²) in [7, 11) is 1.69. The Morgan fingerprint density at radius 1 is 1.42 bits per heavy atom. The Labute approximate surface area is 112 Å². The largest absolute Gasteiger partial charge is 0.382 e. The van der Waals surface area contributed by atoms with Crippen molar-refractivity contribution >= 4 is 16.6 Å². The van der Waals surface area contributed by atoms with Gasteiger partial charge in [-0.15, -0.1) is 5.10 Å². The number of aromatic nitrogens is 2. The molecule has 1 aromatic carbocycles. The highest BCUT2D eigenvalue weighted by atomic mass is 16.5. The Hall–Kier alpha value is -1.72. The van der Waals surface area contributed by atoms with Crippen molar-refractivity contribution < 1.29 is 9.47 Å². The molecule has 0 saturated carbocycles. The van der Waals surface area contributed by atoms with Gasteiger partial charge in [-0.05, 0) is 0 Å². The monoisotopic (exact) mass is 259 g/mol. The molecule has 0 amide bonds. The molecular formula is C14H17N3O2. The first-order valence-corrected chi connectivity index (χ1v) is 6.44. The molecule has 1 atom stereocenters. The van der Waals surface area contributed by atoms with Crippen molar-refractivity contribution in [3.63, 3.8) is 0 Å². The minimum Gasteiger partial charge on any atom is -0.382 e. The van der Waals surface area contributed by atoms with Gasteiger partial charge in [-0.2, -0.15) is 5.10 Å². The minimum atomic E-state index is 0.0968. The molecule has 5 nitrogen and oxygen atoms in total. The van der Waals surface area contributed by atoms with Crippen molar-refractivity contribution in [1.29, 1.82) is 0 Å². The van der Waals surface area contributed by atoms with E-state index in [2.05, 4.69) is 27.2 Å². The molecule has 100 valence electrons. The quantitative estimate of drug-likeness (QED) is 0.835. The second-order valence-corrected chi connectivity index (χ2v) is 4.65. The Bertz CT molecular complexity index is 554. The van der Waals surface area contributed by atoms with Crippen LogP contribution >= 0.6 is 0 Å². The highest BCUT2D eigenvalue weighted by Gasteiger charge is 2.22. The number of ether oxygens (including phenoxy) is 2. The predicted octanol–water partition coefficient (Wildman–Crippen LogP) is 1.48. The third-order valence-electron chi connectivity index (χ3n) is 3.34. The lowest BCUT2D eigenvalue weighted by atomic mass is 10.1. The van der Waals surface area contributed by atoms with Crippen molar-refractivity contribution in [3.8, 4) is 0 Å². The lowest BCUT2D eigenvalue weighted by Gasteiger charge is -2.33. The summed E-state index contributed by atoms with van der Waals surface area (Å²) < 4.78 is 10.8. The summed E-state index contributed by atoms with van der Waals surface area (Å²) in [6.07, 6.45) is 1.89. The average Bonchev–Trinajstić information content (AvgIpc) is 2.47. The number of morpholine rings is 1. The summed E-state index contributed by atoms with van der Waals surface area (Å²) in [5.74, 6) is 0.933. The number of benzene rings is 1. The summed E-state index contributed by atoms with van der Waals surface area (Å²) >= 11 is 0. The van der Waals surface area contributed by atoms with Gasteiger partial charge in [0, 0.05) is 31.0 Å². The number of hydrogen-bond acceptors (Lipinski definition) is 5. The van der Waals surface area contributed by atoms with Gasteiger partial charge in [0.05, 0.1) is 25.5 Å². The number of fused-ring (bicyclic) bond motifs is 1. The number of rotatable bonds is 3. The second-order valence-electron chi connectivity index (χ2n) is 4.65. The lowest BCUT2D eigenvalue weighted by Crippen LogP contribution is -2.44. The van der Waals surface area contributed by atoms with E-state index in [0.717, 1.165) is 29.7 Å². The molecule has 1 unspecified atom stereocenters. The molecule has 0 radical (unpaired) electrons. The van der Waals surface area contributed by atoms with Crippen LogP contribution in [0.4, 0.5) is 5.82 Å². The zero-order chi connectivity index (χ0) is 13.1. The molecule has 1 aromatic heterocycles. The van der Waals surface area contributed by atoms with Gasteiger partial charge in [-0.1, -0.05) is 24.3 Å². The SMILES string of the molecule is COCC1CN(c2nncc3ccccc23)CCO1. The molecule has 19 heavy (non-hydrogen) atoms. The van der Waals surface area contributed by atoms with E-state index in [4.69, 9.17) is 9.47 Å². The third-order valence-corrected chi connectivity index (χ3v) is 3.34. The van der Waals surface area contributed by atoms with Crippen LogP contribution in [0.2, 0.25) is 0 Å². The Morgan fingerprint density at radius 3 is 3.21 bits per heavy atom. The van der Waals surface area contributed by atoms with Crippen LogP contribution < -0.4 is 4.90 Å². The van der Waals surface area contributed by atoms with Gasteiger partial charge in [0.15, 0.2) is 5.82 Å². The summed E-state index contributed by atoms with van der Waals surface area (Å²) in [6, 6.07) is 8.18. The van der Waals surface area contributed by atoms with E-state index in [0.29, 0.717) is 13.2 Å². The molecule has 2 heterocycles. The Kier molecular flexibility index (Phi) is 3.57. The van der Waals surface area contributed by atoms with Crippen molar-refractivity contribution in [2.45, 2.75) is 6.10 Å². The number of nitrogens with zero attached hydrogens (tertiary/aromatic N) is 3. The summed E-state index contributed by atoms with van der Waals surface area (Å²) in [6.45, 7) is 2.92. The Morgan fingerprint density at radius 2 is 2.32 bits per heavy atom. The van der Waals surface area contributed by atoms with Crippen LogP contribution in [-0.2, 0) is 9.47 Å². The van der Waals surface area contributed by atoms with Crippen LogP contribution in [-0.4, -0.2) is 49.7 Å². The molecule has 0 spiro atoms. The summed E-state index contributed by atoms with van der Waals surface area (Å²) in [5.41, 5.74) is 0. The summed E-state index contributed by atoms with van der Waals surface area (Å²) in [4.78, 5) is 2.22. The van der Waals surface area contributed by atoms with Gasteiger partial charge in [-0.25, -0.2) is 0 Å². The van der Waals surface area contributed by atoms with E-state index in [-0.39, 0.29) is 6.10 Å². The fourth-order valence-corrected chi connectivity index (χ4v) is 2.44. The maximum atomic E-state index is 5.67. The first-order valence-electron chi connectivity index (χ1n) is 6.44. The van der Waals surface area contributed by atoms with E-state index in [9.17, 15) is 0 Å². The van der Waals surface area contributed by atoms with Gasteiger partial charge in [0.2, 0.25) is 0 Å². The van der Waals surface area contributed by atoms with Crippen molar-refractivity contribution in [2.75, 3.05) is 38.3 Å². The fraction of sp³-hybridized carbons (Fsp3) is 0.429. The minimum absolute atomic E-state index is 0.0968. The highest BCUT2D eigenvalue weighted by Crippen LogP contribution is 2.24. The first-order chi connectivity index (χ1) is 9.38. The van der Waals surface area contributed by atoms with Gasteiger partial charge in [0.1, 0.15) is 0 Å². The maximum Gasteiger partial charge on any atom is 0.159 e. The molecule has 0 aliphatic carbocycles. The molecular weight excluding hydrogens is 242 g/mol. The predicted molar refractivity (Wildman–Crippen MR) is 73.4 cm³/mol. The number of methoxy groups -OCH3 is 1. The van der Waals surface area contributed by atoms with Crippen LogP contribution in [0.5, 0.6) is 0 Å². The topological polar surface area (TPSA) is 47.5 Å². The van der Waals surface area contributed by atoms with Crippen LogP contribution in [0.25, 0.3) is 10.8 Å². The smallest absolute Gasteiger partial charge is 0.159 e.